The molecule has 0 saturated carbocycles. The molecule has 0 radical (unpaired) electrons. The Hall–Kier alpha value is -3.83. The summed E-state index contributed by atoms with van der Waals surface area (Å²) in [7, 11) is 1.41. The Balaban J connectivity index is 1.86. The van der Waals surface area contributed by atoms with Gasteiger partial charge in [-0.2, -0.15) is 0 Å². The number of nitro groups is 2. The summed E-state index contributed by atoms with van der Waals surface area (Å²) < 4.78 is 10.6. The number of amides is 1. The van der Waals surface area contributed by atoms with Crippen molar-refractivity contribution < 1.29 is 24.1 Å². The SMILES string of the molecule is COC1NCC=C(c2ccc([N+](=O)[O-])cc2)N1C(=O)Oc1ccc([N+](=O)[O-])cc1. The van der Waals surface area contributed by atoms with Crippen LogP contribution in [-0.2, 0) is 4.74 Å². The van der Waals surface area contributed by atoms with E-state index < -0.39 is 22.3 Å². The van der Waals surface area contributed by atoms with Crippen LogP contribution in [-0.4, -0.2) is 40.8 Å². The number of nitrogens with zero attached hydrogens (tertiary/aromatic N) is 3. The molecule has 2 aromatic rings. The Labute approximate surface area is 164 Å². The molecule has 0 saturated heterocycles. The first kappa shape index (κ1) is 19.9. The Morgan fingerprint density at radius 1 is 1.03 bits per heavy atom. The lowest BCUT2D eigenvalue weighted by Crippen LogP contribution is -2.52. The van der Waals surface area contributed by atoms with Crippen LogP contribution in [0.4, 0.5) is 16.2 Å². The van der Waals surface area contributed by atoms with Gasteiger partial charge in [-0.05, 0) is 35.9 Å². The van der Waals surface area contributed by atoms with Crippen molar-refractivity contribution in [3.05, 3.63) is 80.4 Å². The van der Waals surface area contributed by atoms with E-state index in [0.29, 0.717) is 17.8 Å². The van der Waals surface area contributed by atoms with E-state index in [0.717, 1.165) is 0 Å². The number of nitro benzene ring substituents is 2. The second-order valence-corrected chi connectivity index (χ2v) is 5.88. The van der Waals surface area contributed by atoms with Crippen LogP contribution in [0.3, 0.4) is 0 Å². The lowest BCUT2D eigenvalue weighted by molar-refractivity contribution is -0.385. The van der Waals surface area contributed by atoms with Crippen LogP contribution in [0.25, 0.3) is 5.70 Å². The fraction of sp³-hybridized carbons (Fsp3) is 0.167. The smallest absolute Gasteiger partial charge is 0.410 e. The van der Waals surface area contributed by atoms with Crippen LogP contribution < -0.4 is 10.1 Å². The molecular weight excluding hydrogens is 384 g/mol. The van der Waals surface area contributed by atoms with Crippen molar-refractivity contribution in [2.24, 2.45) is 0 Å². The molecule has 1 amide bonds. The minimum Gasteiger partial charge on any atom is -0.410 e. The van der Waals surface area contributed by atoms with E-state index in [1.807, 2.05) is 0 Å². The van der Waals surface area contributed by atoms with E-state index in [2.05, 4.69) is 5.32 Å². The summed E-state index contributed by atoms with van der Waals surface area (Å²) in [5.41, 5.74) is 0.787. The molecule has 11 nitrogen and oxygen atoms in total. The van der Waals surface area contributed by atoms with Crippen molar-refractivity contribution in [2.75, 3.05) is 13.7 Å². The number of non-ortho nitro benzene ring substituents is 2. The molecule has 1 aliphatic rings. The van der Waals surface area contributed by atoms with Crippen molar-refractivity contribution in [3.8, 4) is 5.75 Å². The molecule has 1 atom stereocenters. The number of nitrogens with one attached hydrogen (secondary N) is 1. The molecule has 1 unspecified atom stereocenters. The van der Waals surface area contributed by atoms with Gasteiger partial charge in [0.15, 0.2) is 6.35 Å². The molecule has 29 heavy (non-hydrogen) atoms. The van der Waals surface area contributed by atoms with Gasteiger partial charge < -0.3 is 9.47 Å². The van der Waals surface area contributed by atoms with Crippen LogP contribution in [0, 0.1) is 20.2 Å². The van der Waals surface area contributed by atoms with Gasteiger partial charge in [-0.15, -0.1) is 0 Å². The highest BCUT2D eigenvalue weighted by Crippen LogP contribution is 2.27. The lowest BCUT2D eigenvalue weighted by atomic mass is 10.1. The molecule has 1 heterocycles. The highest BCUT2D eigenvalue weighted by Gasteiger charge is 2.32. The molecule has 11 heteroatoms. The molecule has 0 spiro atoms. The quantitative estimate of drug-likeness (QED) is 0.597. The van der Waals surface area contributed by atoms with Crippen molar-refractivity contribution in [3.63, 3.8) is 0 Å². The maximum Gasteiger partial charge on any atom is 0.422 e. The van der Waals surface area contributed by atoms with Crippen LogP contribution >= 0.6 is 0 Å². The zero-order valence-electron chi connectivity index (χ0n) is 15.2. The number of carbonyl (C=O) groups is 1. The summed E-state index contributed by atoms with van der Waals surface area (Å²) in [4.78, 5) is 34.6. The third-order valence-corrected chi connectivity index (χ3v) is 4.13. The average Bonchev–Trinajstić information content (AvgIpc) is 2.73. The topological polar surface area (TPSA) is 137 Å². The third-order valence-electron chi connectivity index (χ3n) is 4.13. The zero-order valence-corrected chi connectivity index (χ0v) is 15.2. The highest BCUT2D eigenvalue weighted by molar-refractivity contribution is 5.84. The standard InChI is InChI=1S/C18H16N4O7/c1-28-17-19-11-10-16(12-2-4-13(5-3-12)21(24)25)20(17)18(23)29-15-8-6-14(7-9-15)22(26)27/h2-10,17,19H,11H2,1H3. The fourth-order valence-electron chi connectivity index (χ4n) is 2.75. The molecule has 150 valence electrons. The van der Waals surface area contributed by atoms with E-state index in [1.54, 1.807) is 6.08 Å². The Kier molecular flexibility index (Phi) is 5.81. The molecule has 3 rings (SSSR count). The molecule has 0 bridgehead atoms. The first-order chi connectivity index (χ1) is 13.9. The average molecular weight is 400 g/mol. The number of benzene rings is 2. The van der Waals surface area contributed by atoms with Crippen LogP contribution in [0.15, 0.2) is 54.6 Å². The number of rotatable bonds is 5. The molecule has 0 fully saturated rings. The Morgan fingerprint density at radius 3 is 2.10 bits per heavy atom. The van der Waals surface area contributed by atoms with Gasteiger partial charge in [0.25, 0.3) is 11.4 Å². The number of hydrogen-bond acceptors (Lipinski definition) is 8. The summed E-state index contributed by atoms with van der Waals surface area (Å²) in [6.45, 7) is 0.395. The van der Waals surface area contributed by atoms with Crippen molar-refractivity contribution >= 4 is 23.2 Å². The predicted octanol–water partition coefficient (Wildman–Crippen LogP) is 2.88. The molecular formula is C18H16N4O7. The minimum absolute atomic E-state index is 0.0772. The van der Waals surface area contributed by atoms with Crippen LogP contribution in [0.2, 0.25) is 0 Å². The lowest BCUT2D eigenvalue weighted by Gasteiger charge is -2.35. The van der Waals surface area contributed by atoms with Gasteiger partial charge in [-0.3, -0.25) is 25.5 Å². The first-order valence-electron chi connectivity index (χ1n) is 8.37. The molecule has 1 aliphatic heterocycles. The number of hydrogen-bond donors (Lipinski definition) is 1. The summed E-state index contributed by atoms with van der Waals surface area (Å²) in [5.74, 6) is 0.115. The van der Waals surface area contributed by atoms with Gasteiger partial charge in [0.05, 0.1) is 15.5 Å². The van der Waals surface area contributed by atoms with Gasteiger partial charge in [0.1, 0.15) is 5.75 Å². The number of ether oxygens (including phenoxy) is 2. The Morgan fingerprint density at radius 2 is 1.59 bits per heavy atom. The first-order valence-corrected chi connectivity index (χ1v) is 8.37. The van der Waals surface area contributed by atoms with Crippen molar-refractivity contribution in [1.82, 2.24) is 10.2 Å². The van der Waals surface area contributed by atoms with E-state index in [4.69, 9.17) is 9.47 Å². The molecule has 0 aliphatic carbocycles. The summed E-state index contributed by atoms with van der Waals surface area (Å²) in [5, 5.41) is 24.6. The van der Waals surface area contributed by atoms with Crippen molar-refractivity contribution in [1.29, 1.82) is 0 Å². The van der Waals surface area contributed by atoms with Crippen molar-refractivity contribution in [2.45, 2.75) is 6.35 Å². The minimum atomic E-state index is -0.837. The maximum atomic E-state index is 12.8. The van der Waals surface area contributed by atoms with Gasteiger partial charge in [-0.1, -0.05) is 0 Å². The summed E-state index contributed by atoms with van der Waals surface area (Å²) in [6, 6.07) is 10.8. The van der Waals surface area contributed by atoms with Gasteiger partial charge >= 0.3 is 6.09 Å². The second kappa shape index (κ2) is 8.46. The van der Waals surface area contributed by atoms with Crippen LogP contribution in [0.5, 0.6) is 5.75 Å². The number of carbonyl (C=O) groups excluding carboxylic acids is 1. The molecule has 1 N–H and O–H groups in total. The summed E-state index contributed by atoms with van der Waals surface area (Å²) >= 11 is 0. The predicted molar refractivity (Wildman–Crippen MR) is 101 cm³/mol. The summed E-state index contributed by atoms with van der Waals surface area (Å²) in [6.07, 6.45) is 0.0894. The maximum absolute atomic E-state index is 12.8. The molecule has 2 aromatic carbocycles. The third kappa shape index (κ3) is 4.36. The largest absolute Gasteiger partial charge is 0.422 e. The van der Waals surface area contributed by atoms with E-state index in [9.17, 15) is 25.0 Å². The van der Waals surface area contributed by atoms with Gasteiger partial charge in [0, 0.05) is 37.9 Å². The van der Waals surface area contributed by atoms with E-state index in [1.165, 1.54) is 60.5 Å². The van der Waals surface area contributed by atoms with Gasteiger partial charge in [-0.25, -0.2) is 9.69 Å². The molecule has 0 aromatic heterocycles. The van der Waals surface area contributed by atoms with Gasteiger partial charge in [0.2, 0.25) is 0 Å². The highest BCUT2D eigenvalue weighted by atomic mass is 16.6. The number of methoxy groups -OCH3 is 1. The fourth-order valence-corrected chi connectivity index (χ4v) is 2.75. The monoisotopic (exact) mass is 400 g/mol. The van der Waals surface area contributed by atoms with E-state index >= 15 is 0 Å². The zero-order chi connectivity index (χ0) is 21.0. The van der Waals surface area contributed by atoms with Crippen LogP contribution in [0.1, 0.15) is 5.56 Å². The second-order valence-electron chi connectivity index (χ2n) is 5.88. The van der Waals surface area contributed by atoms with E-state index in [-0.39, 0.29) is 17.1 Å². The normalized spacial score (nSPS) is 16.1. The Bertz CT molecular complexity index is 957.